The Labute approximate surface area is 115 Å². The topological polar surface area (TPSA) is 17.1 Å². The van der Waals surface area contributed by atoms with Gasteiger partial charge < -0.3 is 0 Å². The number of ketones is 1. The standard InChI is InChI=1S/C12H7BrClFOS/c13-12-8(14)6-11(17-12)10(16)5-7-3-1-2-4-9(7)15/h1-4,6H,5H2. The van der Waals surface area contributed by atoms with Crippen molar-refractivity contribution in [2.24, 2.45) is 0 Å². The Bertz CT molecular complexity index is 548. The van der Waals surface area contributed by atoms with Crippen molar-refractivity contribution in [1.82, 2.24) is 0 Å². The van der Waals surface area contributed by atoms with Gasteiger partial charge in [0.25, 0.3) is 0 Å². The van der Waals surface area contributed by atoms with Gasteiger partial charge in [-0.1, -0.05) is 29.8 Å². The van der Waals surface area contributed by atoms with E-state index < -0.39 is 0 Å². The predicted molar refractivity (Wildman–Crippen MR) is 71.5 cm³/mol. The van der Waals surface area contributed by atoms with Gasteiger partial charge in [0, 0.05) is 6.42 Å². The molecule has 0 unspecified atom stereocenters. The van der Waals surface area contributed by atoms with Crippen LogP contribution in [0.3, 0.4) is 0 Å². The number of carbonyl (C=O) groups is 1. The molecule has 0 radical (unpaired) electrons. The zero-order chi connectivity index (χ0) is 12.4. The maximum absolute atomic E-state index is 13.4. The van der Waals surface area contributed by atoms with Crippen LogP contribution >= 0.6 is 38.9 Å². The van der Waals surface area contributed by atoms with Crippen molar-refractivity contribution in [3.63, 3.8) is 0 Å². The van der Waals surface area contributed by atoms with E-state index in [1.165, 1.54) is 17.4 Å². The van der Waals surface area contributed by atoms with Crippen molar-refractivity contribution in [3.05, 3.63) is 55.4 Å². The molecule has 1 nitrogen and oxygen atoms in total. The first-order valence-corrected chi connectivity index (χ1v) is 6.78. The third kappa shape index (κ3) is 2.94. The molecule has 0 N–H and O–H groups in total. The first-order valence-electron chi connectivity index (χ1n) is 4.79. The summed E-state index contributed by atoms with van der Waals surface area (Å²) >= 11 is 10.3. The second-order valence-electron chi connectivity index (χ2n) is 3.42. The van der Waals surface area contributed by atoms with Crippen molar-refractivity contribution in [1.29, 1.82) is 0 Å². The molecule has 0 atom stereocenters. The minimum absolute atomic E-state index is 0.0515. The Balaban J connectivity index is 2.20. The Hall–Kier alpha value is -0.710. The molecule has 0 fully saturated rings. The first kappa shape index (κ1) is 12.7. The van der Waals surface area contributed by atoms with E-state index in [1.54, 1.807) is 24.3 Å². The molecule has 1 heterocycles. The summed E-state index contributed by atoms with van der Waals surface area (Å²) in [5, 5.41) is 0.506. The second kappa shape index (κ2) is 5.29. The lowest BCUT2D eigenvalue weighted by Crippen LogP contribution is -2.02. The highest BCUT2D eigenvalue weighted by atomic mass is 79.9. The lowest BCUT2D eigenvalue weighted by Gasteiger charge is -2.00. The summed E-state index contributed by atoms with van der Waals surface area (Å²) in [6.45, 7) is 0. The third-order valence-electron chi connectivity index (χ3n) is 2.23. The summed E-state index contributed by atoms with van der Waals surface area (Å²) in [4.78, 5) is 12.4. The highest BCUT2D eigenvalue weighted by Crippen LogP contribution is 2.32. The number of benzene rings is 1. The van der Waals surface area contributed by atoms with Crippen LogP contribution in [0.15, 0.2) is 34.1 Å². The highest BCUT2D eigenvalue weighted by molar-refractivity contribution is 9.11. The van der Waals surface area contributed by atoms with E-state index in [0.717, 1.165) is 3.79 Å². The van der Waals surface area contributed by atoms with E-state index in [4.69, 9.17) is 11.6 Å². The maximum atomic E-state index is 13.4. The molecule has 2 aromatic rings. The fourth-order valence-corrected chi connectivity index (χ4v) is 3.03. The molecule has 0 spiro atoms. The van der Waals surface area contributed by atoms with Crippen LogP contribution in [0.2, 0.25) is 5.02 Å². The van der Waals surface area contributed by atoms with Crippen LogP contribution in [0.5, 0.6) is 0 Å². The number of hydrogen-bond donors (Lipinski definition) is 0. The predicted octanol–water partition coefficient (Wildman–Crippen LogP) is 4.73. The van der Waals surface area contributed by atoms with Crippen molar-refractivity contribution in [2.75, 3.05) is 0 Å². The van der Waals surface area contributed by atoms with Crippen LogP contribution in [0.25, 0.3) is 0 Å². The lowest BCUT2D eigenvalue weighted by molar-refractivity contribution is 0.0995. The summed E-state index contributed by atoms with van der Waals surface area (Å²) < 4.78 is 14.1. The Morgan fingerprint density at radius 2 is 2.12 bits per heavy atom. The fraction of sp³-hybridized carbons (Fsp3) is 0.0833. The van der Waals surface area contributed by atoms with Gasteiger partial charge >= 0.3 is 0 Å². The maximum Gasteiger partial charge on any atom is 0.177 e. The van der Waals surface area contributed by atoms with Crippen LogP contribution < -0.4 is 0 Å². The van der Waals surface area contributed by atoms with E-state index in [0.29, 0.717) is 15.5 Å². The summed E-state index contributed by atoms with van der Waals surface area (Å²) in [6, 6.07) is 7.86. The van der Waals surface area contributed by atoms with Crippen molar-refractivity contribution in [3.8, 4) is 0 Å². The molecule has 0 amide bonds. The van der Waals surface area contributed by atoms with Gasteiger partial charge in [0.1, 0.15) is 5.82 Å². The van der Waals surface area contributed by atoms with Crippen LogP contribution in [0.1, 0.15) is 15.2 Å². The number of halogens is 3. The molecular weight excluding hydrogens is 327 g/mol. The molecule has 0 aliphatic heterocycles. The second-order valence-corrected chi connectivity index (χ2v) is 6.20. The largest absolute Gasteiger partial charge is 0.293 e. The van der Waals surface area contributed by atoms with Gasteiger partial charge in [0.15, 0.2) is 5.78 Å². The van der Waals surface area contributed by atoms with Crippen LogP contribution in [-0.2, 0) is 6.42 Å². The lowest BCUT2D eigenvalue weighted by atomic mass is 10.1. The molecule has 2 rings (SSSR count). The van der Waals surface area contributed by atoms with Crippen molar-refractivity contribution < 1.29 is 9.18 Å². The Morgan fingerprint density at radius 1 is 1.41 bits per heavy atom. The number of Topliss-reactive ketones (excluding diaryl/α,β-unsaturated/α-hetero) is 1. The molecular formula is C12H7BrClFOS. The summed E-state index contributed by atoms with van der Waals surface area (Å²) in [5.41, 5.74) is 0.401. The number of rotatable bonds is 3. The van der Waals surface area contributed by atoms with Gasteiger partial charge in [0.05, 0.1) is 13.7 Å². The van der Waals surface area contributed by atoms with E-state index in [-0.39, 0.29) is 18.0 Å². The molecule has 0 saturated carbocycles. The first-order chi connectivity index (χ1) is 8.08. The van der Waals surface area contributed by atoms with E-state index in [2.05, 4.69) is 15.9 Å². The van der Waals surface area contributed by atoms with Gasteiger partial charge in [-0.3, -0.25) is 4.79 Å². The Kier molecular flexibility index (Phi) is 3.97. The van der Waals surface area contributed by atoms with Crippen molar-refractivity contribution in [2.45, 2.75) is 6.42 Å². The van der Waals surface area contributed by atoms with Crippen LogP contribution in [-0.4, -0.2) is 5.78 Å². The zero-order valence-corrected chi connectivity index (χ0v) is 11.7. The van der Waals surface area contributed by atoms with E-state index in [9.17, 15) is 9.18 Å². The van der Waals surface area contributed by atoms with Gasteiger partial charge in [-0.2, -0.15) is 0 Å². The molecule has 1 aromatic heterocycles. The summed E-state index contributed by atoms with van der Waals surface area (Å²) in [6.07, 6.45) is 0.0515. The monoisotopic (exact) mass is 332 g/mol. The van der Waals surface area contributed by atoms with Gasteiger partial charge in [0.2, 0.25) is 0 Å². The summed E-state index contributed by atoms with van der Waals surface area (Å²) in [5.74, 6) is -0.490. The molecule has 5 heteroatoms. The van der Waals surface area contributed by atoms with Crippen molar-refractivity contribution >= 4 is 44.7 Å². The molecule has 17 heavy (non-hydrogen) atoms. The number of hydrogen-bond acceptors (Lipinski definition) is 2. The number of carbonyl (C=O) groups excluding carboxylic acids is 1. The summed E-state index contributed by atoms with van der Waals surface area (Å²) in [7, 11) is 0. The molecule has 88 valence electrons. The average molecular weight is 334 g/mol. The van der Waals surface area contributed by atoms with Crippen LogP contribution in [0, 0.1) is 5.82 Å². The minimum atomic E-state index is -0.359. The van der Waals surface area contributed by atoms with Gasteiger partial charge in [-0.05, 0) is 33.6 Å². The third-order valence-corrected chi connectivity index (χ3v) is 4.74. The normalized spacial score (nSPS) is 10.5. The zero-order valence-electron chi connectivity index (χ0n) is 8.54. The molecule has 0 aliphatic carbocycles. The smallest absolute Gasteiger partial charge is 0.177 e. The molecule has 0 saturated heterocycles. The molecule has 1 aromatic carbocycles. The molecule has 0 bridgehead atoms. The minimum Gasteiger partial charge on any atom is -0.293 e. The van der Waals surface area contributed by atoms with E-state index >= 15 is 0 Å². The molecule has 0 aliphatic rings. The van der Waals surface area contributed by atoms with E-state index in [1.807, 2.05) is 0 Å². The fourth-order valence-electron chi connectivity index (χ4n) is 1.39. The quantitative estimate of drug-likeness (QED) is 0.742. The van der Waals surface area contributed by atoms with Gasteiger partial charge in [-0.15, -0.1) is 11.3 Å². The highest BCUT2D eigenvalue weighted by Gasteiger charge is 2.14. The average Bonchev–Trinajstić information content (AvgIpc) is 2.63. The number of thiophene rings is 1. The SMILES string of the molecule is O=C(Cc1ccccc1F)c1cc(Cl)c(Br)s1. The van der Waals surface area contributed by atoms with Gasteiger partial charge in [-0.25, -0.2) is 4.39 Å². The Morgan fingerprint density at radius 3 is 2.71 bits per heavy atom. The van der Waals surface area contributed by atoms with Crippen LogP contribution in [0.4, 0.5) is 4.39 Å².